The Morgan fingerprint density at radius 1 is 1.36 bits per heavy atom. The number of carbonyl (C=O) groups excluding carboxylic acids is 1. The third kappa shape index (κ3) is 3.54. The van der Waals surface area contributed by atoms with Gasteiger partial charge in [0.25, 0.3) is 5.91 Å². The summed E-state index contributed by atoms with van der Waals surface area (Å²) in [6, 6.07) is 3.80. The Balaban J connectivity index is 1.85. The van der Waals surface area contributed by atoms with Gasteiger partial charge in [0.1, 0.15) is 33.3 Å². The molecule has 0 spiro atoms. The van der Waals surface area contributed by atoms with Crippen LogP contribution in [-0.4, -0.2) is 34.9 Å². The molecule has 0 aliphatic heterocycles. The lowest BCUT2D eigenvalue weighted by atomic mass is 10.1. The van der Waals surface area contributed by atoms with Crippen LogP contribution in [0.5, 0.6) is 5.75 Å². The molecule has 0 unspecified atom stereocenters. The fraction of sp³-hybridized carbons (Fsp3) is 0.188. The number of carbonyl (C=O) groups is 1. The van der Waals surface area contributed by atoms with Crippen LogP contribution in [0.3, 0.4) is 0 Å². The molecule has 0 saturated heterocycles. The molecule has 0 bridgehead atoms. The van der Waals surface area contributed by atoms with Gasteiger partial charge >= 0.3 is 0 Å². The average Bonchev–Trinajstić information content (AvgIpc) is 2.95. The van der Waals surface area contributed by atoms with Crippen LogP contribution >= 0.6 is 22.9 Å². The summed E-state index contributed by atoms with van der Waals surface area (Å²) in [6.07, 6.45) is 1.51. The van der Waals surface area contributed by atoms with Gasteiger partial charge in [-0.15, -0.1) is 0 Å². The van der Waals surface area contributed by atoms with Crippen LogP contribution in [-0.2, 0) is 6.61 Å². The average molecular weight is 384 g/mol. The maximum atomic E-state index is 14.4. The summed E-state index contributed by atoms with van der Waals surface area (Å²) in [4.78, 5) is 22.1. The lowest BCUT2D eigenvalue weighted by molar-refractivity contribution is 0.0816. The van der Waals surface area contributed by atoms with Crippen molar-refractivity contribution in [1.29, 1.82) is 0 Å². The van der Waals surface area contributed by atoms with E-state index in [1.54, 1.807) is 6.07 Å². The van der Waals surface area contributed by atoms with Gasteiger partial charge in [0, 0.05) is 20.3 Å². The van der Waals surface area contributed by atoms with Crippen molar-refractivity contribution in [2.75, 3.05) is 14.1 Å². The maximum absolute atomic E-state index is 14.4. The maximum Gasteiger partial charge on any atom is 0.259 e. The number of hydrogen-bond acceptors (Lipinski definition) is 5. The van der Waals surface area contributed by atoms with Crippen molar-refractivity contribution in [2.24, 2.45) is 0 Å². The van der Waals surface area contributed by atoms with Gasteiger partial charge in [-0.2, -0.15) is 0 Å². The zero-order valence-corrected chi connectivity index (χ0v) is 14.8. The van der Waals surface area contributed by atoms with Crippen LogP contribution in [0.4, 0.5) is 8.78 Å². The summed E-state index contributed by atoms with van der Waals surface area (Å²) in [5.74, 6) is -2.99. The van der Waals surface area contributed by atoms with Crippen LogP contribution in [0.1, 0.15) is 15.4 Å². The molecular formula is C16H12ClF2N3O2S. The minimum Gasteiger partial charge on any atom is -0.483 e. The van der Waals surface area contributed by atoms with E-state index in [1.165, 1.54) is 31.6 Å². The van der Waals surface area contributed by atoms with Gasteiger partial charge in [-0.05, 0) is 18.2 Å². The van der Waals surface area contributed by atoms with E-state index < -0.39 is 23.1 Å². The molecule has 25 heavy (non-hydrogen) atoms. The molecule has 1 aromatic carbocycles. The Morgan fingerprint density at radius 3 is 2.84 bits per heavy atom. The van der Waals surface area contributed by atoms with Crippen LogP contribution in [0, 0.1) is 11.6 Å². The first-order valence-corrected chi connectivity index (χ1v) is 8.29. The standard InChI is InChI=1S/C16H12ClF2N3O2S/c1-22(2)16(23)13-9(18)3-4-11(14(13)19)24-7-12-21-10-5-8(17)6-20-15(10)25-12/h3-6H,7H2,1-2H3. The normalized spacial score (nSPS) is 10.9. The van der Waals surface area contributed by atoms with Crippen LogP contribution in [0.25, 0.3) is 10.3 Å². The number of amides is 1. The molecule has 0 N–H and O–H groups in total. The number of fused-ring (bicyclic) bond motifs is 1. The monoisotopic (exact) mass is 383 g/mol. The van der Waals surface area contributed by atoms with Gasteiger partial charge in [0.15, 0.2) is 11.6 Å². The van der Waals surface area contributed by atoms with E-state index in [0.717, 1.165) is 17.0 Å². The SMILES string of the molecule is CN(C)C(=O)c1c(F)ccc(OCc2nc3cc(Cl)cnc3s2)c1F. The van der Waals surface area contributed by atoms with Crippen molar-refractivity contribution in [1.82, 2.24) is 14.9 Å². The Kier molecular flexibility index (Phi) is 4.82. The second-order valence-corrected chi connectivity index (χ2v) is 6.81. The number of hydrogen-bond donors (Lipinski definition) is 0. The smallest absolute Gasteiger partial charge is 0.259 e. The summed E-state index contributed by atoms with van der Waals surface area (Å²) in [7, 11) is 2.82. The van der Waals surface area contributed by atoms with E-state index >= 15 is 0 Å². The van der Waals surface area contributed by atoms with E-state index in [2.05, 4.69) is 9.97 Å². The number of nitrogens with zero attached hydrogens (tertiary/aromatic N) is 3. The Labute approximate surface area is 150 Å². The van der Waals surface area contributed by atoms with Crippen LogP contribution in [0.2, 0.25) is 5.02 Å². The first-order valence-electron chi connectivity index (χ1n) is 7.10. The minimum atomic E-state index is -1.04. The zero-order valence-electron chi connectivity index (χ0n) is 13.2. The number of aromatic nitrogens is 2. The van der Waals surface area contributed by atoms with Gasteiger partial charge in [0.05, 0.1) is 5.02 Å². The van der Waals surface area contributed by atoms with Crippen molar-refractivity contribution in [3.63, 3.8) is 0 Å². The number of pyridine rings is 1. The quantitative estimate of drug-likeness (QED) is 0.685. The van der Waals surface area contributed by atoms with E-state index in [1.807, 2.05) is 0 Å². The molecule has 2 aromatic heterocycles. The van der Waals surface area contributed by atoms with Crippen molar-refractivity contribution >= 4 is 39.2 Å². The van der Waals surface area contributed by atoms with E-state index in [4.69, 9.17) is 16.3 Å². The summed E-state index contributed by atoms with van der Waals surface area (Å²) in [6.45, 7) is -0.0448. The summed E-state index contributed by atoms with van der Waals surface area (Å²) in [5.41, 5.74) is -0.0422. The number of halogens is 3. The Morgan fingerprint density at radius 2 is 2.12 bits per heavy atom. The van der Waals surface area contributed by atoms with Crippen molar-refractivity contribution in [3.8, 4) is 5.75 Å². The molecule has 0 fully saturated rings. The molecule has 5 nitrogen and oxygen atoms in total. The van der Waals surface area contributed by atoms with Crippen molar-refractivity contribution in [3.05, 3.63) is 51.6 Å². The highest BCUT2D eigenvalue weighted by Gasteiger charge is 2.23. The van der Waals surface area contributed by atoms with E-state index in [9.17, 15) is 13.6 Å². The fourth-order valence-electron chi connectivity index (χ4n) is 2.11. The molecule has 0 saturated carbocycles. The van der Waals surface area contributed by atoms with Gasteiger partial charge in [-0.3, -0.25) is 4.79 Å². The second-order valence-electron chi connectivity index (χ2n) is 5.31. The van der Waals surface area contributed by atoms with Gasteiger partial charge in [-0.25, -0.2) is 18.7 Å². The molecule has 3 aromatic rings. The molecule has 130 valence electrons. The van der Waals surface area contributed by atoms with Crippen molar-refractivity contribution < 1.29 is 18.3 Å². The van der Waals surface area contributed by atoms with Crippen LogP contribution < -0.4 is 4.74 Å². The molecule has 0 aliphatic carbocycles. The molecule has 0 aliphatic rings. The largest absolute Gasteiger partial charge is 0.483 e. The minimum absolute atomic E-state index is 0.0448. The lowest BCUT2D eigenvalue weighted by Gasteiger charge is -2.14. The number of thiazole rings is 1. The molecule has 9 heteroatoms. The Hall–Kier alpha value is -2.32. The molecule has 0 atom stereocenters. The molecule has 1 amide bonds. The number of rotatable bonds is 4. The van der Waals surface area contributed by atoms with Crippen LogP contribution in [0.15, 0.2) is 24.4 Å². The highest BCUT2D eigenvalue weighted by atomic mass is 35.5. The number of ether oxygens (including phenoxy) is 1. The highest BCUT2D eigenvalue weighted by molar-refractivity contribution is 7.18. The third-order valence-electron chi connectivity index (χ3n) is 3.29. The predicted octanol–water partition coefficient (Wildman–Crippen LogP) is 3.90. The summed E-state index contributed by atoms with van der Waals surface area (Å²) in [5, 5.41) is 1.01. The molecule has 3 rings (SSSR count). The topological polar surface area (TPSA) is 55.3 Å². The van der Waals surface area contributed by atoms with Gasteiger partial charge in [0.2, 0.25) is 0 Å². The zero-order chi connectivity index (χ0) is 18.1. The van der Waals surface area contributed by atoms with E-state index in [-0.39, 0.29) is 12.4 Å². The van der Waals surface area contributed by atoms with Gasteiger partial charge in [-0.1, -0.05) is 22.9 Å². The Bertz CT molecular complexity index is 962. The third-order valence-corrected chi connectivity index (χ3v) is 4.44. The first-order chi connectivity index (χ1) is 11.9. The second kappa shape index (κ2) is 6.89. The first kappa shape index (κ1) is 17.5. The molecular weight excluding hydrogens is 372 g/mol. The van der Waals surface area contributed by atoms with E-state index in [0.29, 0.717) is 20.4 Å². The van der Waals surface area contributed by atoms with Gasteiger partial charge < -0.3 is 9.64 Å². The fourth-order valence-corrected chi connectivity index (χ4v) is 3.06. The molecule has 2 heterocycles. The summed E-state index contributed by atoms with van der Waals surface area (Å²) < 4.78 is 33.6. The molecule has 0 radical (unpaired) electrons. The predicted molar refractivity (Wildman–Crippen MR) is 91.1 cm³/mol. The summed E-state index contributed by atoms with van der Waals surface area (Å²) >= 11 is 7.13. The van der Waals surface area contributed by atoms with Crippen molar-refractivity contribution in [2.45, 2.75) is 6.61 Å². The lowest BCUT2D eigenvalue weighted by Crippen LogP contribution is -2.24. The number of benzene rings is 1. The highest BCUT2D eigenvalue weighted by Crippen LogP contribution is 2.27.